The SMILES string of the molecule is CC1=C(Cl)C2=Nc3ccc(-c4cc(C)c(C5=CCCS5)s4)cc3CC2=C(Cl)/C1=N/c1ccc(-c2ccc(-c3cccs3)s2)cc1. The Hall–Kier alpha value is -2.97. The topological polar surface area (TPSA) is 24.7 Å². The van der Waals surface area contributed by atoms with Crippen LogP contribution < -0.4 is 0 Å². The molecule has 3 aromatic heterocycles. The molecule has 222 valence electrons. The molecule has 8 heteroatoms. The average molecular weight is 698 g/mol. The number of halogens is 2. The van der Waals surface area contributed by atoms with Crippen LogP contribution in [0.1, 0.15) is 29.3 Å². The number of nitrogens with zero attached hydrogens (tertiary/aromatic N) is 2. The van der Waals surface area contributed by atoms with Gasteiger partial charge in [-0.3, -0.25) is 0 Å². The van der Waals surface area contributed by atoms with Gasteiger partial charge in [-0.1, -0.05) is 53.5 Å². The number of rotatable bonds is 5. The number of allylic oxidation sites excluding steroid dienone is 5. The van der Waals surface area contributed by atoms with Crippen molar-refractivity contribution in [3.05, 3.63) is 121 Å². The van der Waals surface area contributed by atoms with Crippen LogP contribution >= 0.6 is 69.0 Å². The van der Waals surface area contributed by atoms with Crippen molar-refractivity contribution in [3.63, 3.8) is 0 Å². The molecule has 0 saturated carbocycles. The quantitative estimate of drug-likeness (QED) is 0.168. The highest BCUT2D eigenvalue weighted by Gasteiger charge is 2.31. The van der Waals surface area contributed by atoms with E-state index in [4.69, 9.17) is 33.2 Å². The molecule has 0 radical (unpaired) electrons. The van der Waals surface area contributed by atoms with Gasteiger partial charge in [0.1, 0.15) is 0 Å². The maximum atomic E-state index is 7.14. The highest BCUT2D eigenvalue weighted by atomic mass is 35.5. The van der Waals surface area contributed by atoms with Crippen LogP contribution in [0.25, 0.3) is 35.5 Å². The van der Waals surface area contributed by atoms with Crippen LogP contribution in [0, 0.1) is 6.92 Å². The lowest BCUT2D eigenvalue weighted by Crippen LogP contribution is -2.22. The predicted molar refractivity (Wildman–Crippen MR) is 202 cm³/mol. The van der Waals surface area contributed by atoms with Gasteiger partial charge in [-0.05, 0) is 102 Å². The molecule has 0 unspecified atom stereocenters. The van der Waals surface area contributed by atoms with Crippen molar-refractivity contribution in [2.75, 3.05) is 5.75 Å². The number of fused-ring (bicyclic) bond motifs is 2. The lowest BCUT2D eigenvalue weighted by atomic mass is 9.88. The van der Waals surface area contributed by atoms with Crippen LogP contribution in [0.3, 0.4) is 0 Å². The minimum Gasteiger partial charge on any atom is -0.247 e. The van der Waals surface area contributed by atoms with Gasteiger partial charge in [-0.2, -0.15) is 0 Å². The number of hydrogen-bond donors (Lipinski definition) is 0. The number of hydrogen-bond acceptors (Lipinski definition) is 6. The van der Waals surface area contributed by atoms with Crippen LogP contribution in [-0.2, 0) is 6.42 Å². The Bertz CT molecular complexity index is 2140. The van der Waals surface area contributed by atoms with Crippen molar-refractivity contribution >= 4 is 96.7 Å². The fourth-order valence-electron chi connectivity index (χ4n) is 5.86. The zero-order valence-electron chi connectivity index (χ0n) is 24.5. The van der Waals surface area contributed by atoms with Gasteiger partial charge in [0.25, 0.3) is 0 Å². The van der Waals surface area contributed by atoms with Crippen molar-refractivity contribution in [1.29, 1.82) is 0 Å². The predicted octanol–water partition coefficient (Wildman–Crippen LogP) is 13.1. The second-order valence-corrected chi connectivity index (χ2v) is 16.2. The minimum atomic E-state index is 0.611. The van der Waals surface area contributed by atoms with E-state index in [1.165, 1.54) is 51.7 Å². The maximum Gasteiger partial charge on any atom is 0.0877 e. The van der Waals surface area contributed by atoms with Crippen LogP contribution in [0.2, 0.25) is 0 Å². The maximum absolute atomic E-state index is 7.14. The first-order valence-electron chi connectivity index (χ1n) is 14.7. The largest absolute Gasteiger partial charge is 0.247 e. The fraction of sp³-hybridized carbons (Fsp3) is 0.135. The molecule has 0 atom stereocenters. The van der Waals surface area contributed by atoms with Crippen molar-refractivity contribution in [3.8, 4) is 30.6 Å². The smallest absolute Gasteiger partial charge is 0.0877 e. The Balaban J connectivity index is 1.09. The highest BCUT2D eigenvalue weighted by Crippen LogP contribution is 2.45. The Labute approximate surface area is 289 Å². The van der Waals surface area contributed by atoms with Gasteiger partial charge in [-0.25, -0.2) is 9.98 Å². The van der Waals surface area contributed by atoms with Crippen LogP contribution in [0.15, 0.2) is 115 Å². The standard InChI is InChI=1S/C37H26Cl2N2S4/c1-20-17-32(45-37(20)31-6-4-16-43-31)23-9-12-27-24(18-23)19-26-34(39)35(21(2)33(38)36(26)41-27)40-25-10-7-22(8-11-25)28-13-14-30(44-28)29-5-3-15-42-29/h3,5-15,17-18H,4,16,19H2,1-2H3/b40-35+. The van der Waals surface area contributed by atoms with Crippen LogP contribution in [0.4, 0.5) is 11.4 Å². The van der Waals surface area contributed by atoms with E-state index in [1.54, 1.807) is 22.7 Å². The number of benzene rings is 2. The van der Waals surface area contributed by atoms with E-state index in [2.05, 4.69) is 79.0 Å². The molecule has 5 aromatic rings. The Kier molecular flexibility index (Phi) is 7.85. The average Bonchev–Trinajstić information content (AvgIpc) is 3.89. The normalized spacial score (nSPS) is 17.1. The third-order valence-electron chi connectivity index (χ3n) is 8.22. The monoisotopic (exact) mass is 696 g/mol. The summed E-state index contributed by atoms with van der Waals surface area (Å²) >= 11 is 21.5. The summed E-state index contributed by atoms with van der Waals surface area (Å²) in [5.74, 6) is 1.18. The summed E-state index contributed by atoms with van der Waals surface area (Å²) in [6, 6.07) is 25.8. The molecule has 0 saturated heterocycles. The van der Waals surface area contributed by atoms with Crippen molar-refractivity contribution in [2.24, 2.45) is 9.98 Å². The lowest BCUT2D eigenvalue weighted by molar-refractivity contribution is 1.16. The molecule has 5 heterocycles. The van der Waals surface area contributed by atoms with Gasteiger partial charge in [-0.15, -0.1) is 45.8 Å². The van der Waals surface area contributed by atoms with E-state index >= 15 is 0 Å². The molecule has 0 amide bonds. The van der Waals surface area contributed by atoms with Gasteiger partial charge in [0.2, 0.25) is 0 Å². The van der Waals surface area contributed by atoms with Gasteiger partial charge in [0, 0.05) is 47.0 Å². The first kappa shape index (κ1) is 29.4. The number of thiophene rings is 3. The Morgan fingerprint density at radius 1 is 0.800 bits per heavy atom. The summed E-state index contributed by atoms with van der Waals surface area (Å²) in [4.78, 5) is 17.9. The zero-order chi connectivity index (χ0) is 30.7. The van der Waals surface area contributed by atoms with E-state index in [-0.39, 0.29) is 0 Å². The van der Waals surface area contributed by atoms with Crippen molar-refractivity contribution < 1.29 is 0 Å². The molecule has 2 aromatic carbocycles. The van der Waals surface area contributed by atoms with E-state index in [1.807, 2.05) is 42.2 Å². The molecule has 2 nitrogen and oxygen atoms in total. The first-order chi connectivity index (χ1) is 21.9. The fourth-order valence-corrected chi connectivity index (χ4v) is 10.7. The summed E-state index contributed by atoms with van der Waals surface area (Å²) in [5, 5.41) is 3.35. The summed E-state index contributed by atoms with van der Waals surface area (Å²) < 4.78 is 0. The molecule has 0 fully saturated rings. The van der Waals surface area contributed by atoms with Crippen LogP contribution in [-0.4, -0.2) is 17.2 Å². The highest BCUT2D eigenvalue weighted by molar-refractivity contribution is 8.08. The molecule has 45 heavy (non-hydrogen) atoms. The van der Waals surface area contributed by atoms with E-state index < -0.39 is 0 Å². The zero-order valence-corrected chi connectivity index (χ0v) is 29.3. The molecule has 0 N–H and O–H groups in total. The van der Waals surface area contributed by atoms with E-state index in [0.29, 0.717) is 22.2 Å². The Morgan fingerprint density at radius 2 is 1.62 bits per heavy atom. The molecule has 3 aliphatic rings. The van der Waals surface area contributed by atoms with Gasteiger partial charge < -0.3 is 0 Å². The third kappa shape index (κ3) is 5.46. The minimum absolute atomic E-state index is 0.611. The third-order valence-corrected chi connectivity index (χ3v) is 13.9. The van der Waals surface area contributed by atoms with Crippen LogP contribution in [0.5, 0.6) is 0 Å². The molecule has 0 bridgehead atoms. The second-order valence-electron chi connectivity index (χ2n) is 11.2. The molecule has 1 aliphatic carbocycles. The summed E-state index contributed by atoms with van der Waals surface area (Å²) in [7, 11) is 0. The Morgan fingerprint density at radius 3 is 2.40 bits per heavy atom. The van der Waals surface area contributed by atoms with Gasteiger partial charge in [0.15, 0.2) is 0 Å². The van der Waals surface area contributed by atoms with E-state index in [0.717, 1.165) is 40.2 Å². The summed E-state index contributed by atoms with van der Waals surface area (Å²) in [6.07, 6.45) is 4.18. The molecular formula is C37H26Cl2N2S4. The summed E-state index contributed by atoms with van der Waals surface area (Å²) in [6.45, 7) is 4.19. The number of aliphatic imine (C=N–C) groups is 2. The van der Waals surface area contributed by atoms with Crippen molar-refractivity contribution in [2.45, 2.75) is 26.7 Å². The molecule has 8 rings (SSSR count). The van der Waals surface area contributed by atoms with Crippen molar-refractivity contribution in [1.82, 2.24) is 0 Å². The van der Waals surface area contributed by atoms with Gasteiger partial charge >= 0.3 is 0 Å². The second kappa shape index (κ2) is 12.0. The van der Waals surface area contributed by atoms with E-state index in [9.17, 15) is 0 Å². The number of aryl methyl sites for hydroxylation is 1. The molecule has 2 aliphatic heterocycles. The summed E-state index contributed by atoms with van der Waals surface area (Å²) in [5.41, 5.74) is 9.90. The first-order valence-corrected chi connectivity index (χ1v) is 18.9. The lowest BCUT2D eigenvalue weighted by Gasteiger charge is -2.26. The number of thioether (sulfide) groups is 1. The van der Waals surface area contributed by atoms with Gasteiger partial charge in [0.05, 0.1) is 32.9 Å². The molecule has 0 spiro atoms. The molecular weight excluding hydrogens is 672 g/mol.